The first-order valence-electron chi connectivity index (χ1n) is 10.7. The quantitative estimate of drug-likeness (QED) is 0.658. The number of aromatic carboxylic acids is 1. The Balaban J connectivity index is 1.44. The highest BCUT2D eigenvalue weighted by molar-refractivity contribution is 5.88. The van der Waals surface area contributed by atoms with Gasteiger partial charge < -0.3 is 9.84 Å². The Labute approximate surface area is 166 Å². The molecule has 0 saturated heterocycles. The number of carboxylic acids is 1. The van der Waals surface area contributed by atoms with E-state index < -0.39 is 11.8 Å². The highest BCUT2D eigenvalue weighted by Gasteiger charge is 2.64. The van der Waals surface area contributed by atoms with E-state index in [1.807, 2.05) is 0 Å². The highest BCUT2D eigenvalue weighted by Crippen LogP contribution is 2.73. The van der Waals surface area contributed by atoms with E-state index >= 15 is 0 Å². The van der Waals surface area contributed by atoms with Crippen LogP contribution in [0.2, 0.25) is 0 Å². The smallest absolute Gasteiger partial charge is 0.338 e. The molecule has 0 atom stereocenters. The fourth-order valence-corrected chi connectivity index (χ4v) is 8.51. The molecule has 0 spiro atoms. The van der Waals surface area contributed by atoms with Gasteiger partial charge in [0, 0.05) is 11.5 Å². The second-order valence-corrected chi connectivity index (χ2v) is 11.7. The second-order valence-electron chi connectivity index (χ2n) is 11.7. The van der Waals surface area contributed by atoms with Gasteiger partial charge in [-0.1, -0.05) is 20.8 Å². The first-order chi connectivity index (χ1) is 13.0. The molecule has 5 aliphatic carbocycles. The molecule has 5 aliphatic rings. The van der Waals surface area contributed by atoms with Gasteiger partial charge in [0.25, 0.3) is 0 Å². The largest absolute Gasteiger partial charge is 0.493 e. The molecule has 3 nitrogen and oxygen atoms in total. The van der Waals surface area contributed by atoms with Gasteiger partial charge in [-0.3, -0.25) is 0 Å². The minimum Gasteiger partial charge on any atom is -0.493 e. The summed E-state index contributed by atoms with van der Waals surface area (Å²) < 4.78 is 20.7. The first kappa shape index (κ1) is 18.4. The van der Waals surface area contributed by atoms with Crippen molar-refractivity contribution in [2.75, 3.05) is 6.61 Å². The summed E-state index contributed by atoms with van der Waals surface area (Å²) in [5.41, 5.74) is 1.97. The van der Waals surface area contributed by atoms with Crippen molar-refractivity contribution in [3.63, 3.8) is 0 Å². The molecule has 5 saturated carbocycles. The Hall–Kier alpha value is -1.58. The SMILES string of the molecule is CC12CC3(C)CC(C)(C1)CC(COc1cc(F)c(C(=O)O)cc1C1CC1)(C2)C3. The van der Waals surface area contributed by atoms with Crippen LogP contribution in [0.15, 0.2) is 12.1 Å². The lowest BCUT2D eigenvalue weighted by Crippen LogP contribution is -2.60. The molecular formula is C24H31FO3. The lowest BCUT2D eigenvalue weighted by Gasteiger charge is -2.69. The Morgan fingerprint density at radius 2 is 1.57 bits per heavy atom. The standard InChI is InChI=1S/C24H31FO3/c1-21-8-22(2)10-23(3,9-21)13-24(11-21,12-22)14-28-19-7-18(25)17(20(26)27)6-16(19)15-4-5-15/h6-7,15H,4-5,8-14H2,1-3H3,(H,26,27). The van der Waals surface area contributed by atoms with Gasteiger partial charge in [-0.25, -0.2) is 9.18 Å². The van der Waals surface area contributed by atoms with Crippen LogP contribution in [0.4, 0.5) is 4.39 Å². The molecule has 152 valence electrons. The summed E-state index contributed by atoms with van der Waals surface area (Å²) >= 11 is 0. The summed E-state index contributed by atoms with van der Waals surface area (Å²) in [6.07, 6.45) is 9.57. The van der Waals surface area contributed by atoms with Crippen molar-refractivity contribution in [3.8, 4) is 5.75 Å². The maximum Gasteiger partial charge on any atom is 0.338 e. The Bertz CT molecular complexity index is 802. The number of hydrogen-bond acceptors (Lipinski definition) is 2. The molecule has 0 unspecified atom stereocenters. The van der Waals surface area contributed by atoms with Crippen molar-refractivity contribution in [1.29, 1.82) is 0 Å². The predicted octanol–water partition coefficient (Wildman–Crippen LogP) is 6.17. The van der Waals surface area contributed by atoms with E-state index in [0.717, 1.165) is 18.4 Å². The number of hydrogen-bond donors (Lipinski definition) is 1. The van der Waals surface area contributed by atoms with Gasteiger partial charge in [-0.15, -0.1) is 0 Å². The van der Waals surface area contributed by atoms with Crippen LogP contribution in [0.1, 0.15) is 94.0 Å². The molecule has 0 radical (unpaired) electrons. The van der Waals surface area contributed by atoms with Gasteiger partial charge in [-0.05, 0) is 85.2 Å². The minimum absolute atomic E-state index is 0.162. The monoisotopic (exact) mass is 386 g/mol. The van der Waals surface area contributed by atoms with Gasteiger partial charge in [0.2, 0.25) is 0 Å². The molecule has 1 aromatic carbocycles. The van der Waals surface area contributed by atoms with E-state index in [-0.39, 0.29) is 11.0 Å². The Morgan fingerprint density at radius 3 is 2.04 bits per heavy atom. The number of rotatable bonds is 5. The fourth-order valence-electron chi connectivity index (χ4n) is 8.51. The third kappa shape index (κ3) is 2.95. The van der Waals surface area contributed by atoms with Crippen molar-refractivity contribution in [2.45, 2.75) is 78.1 Å². The summed E-state index contributed by atoms with van der Waals surface area (Å²) in [5.74, 6) is -1.01. The van der Waals surface area contributed by atoms with Crippen molar-refractivity contribution in [3.05, 3.63) is 29.1 Å². The maximum atomic E-state index is 14.4. The zero-order valence-corrected chi connectivity index (χ0v) is 17.2. The van der Waals surface area contributed by atoms with E-state index in [0.29, 0.717) is 34.5 Å². The normalized spacial score (nSPS) is 41.3. The van der Waals surface area contributed by atoms with Crippen LogP contribution < -0.4 is 4.74 Å². The van der Waals surface area contributed by atoms with E-state index in [9.17, 15) is 14.3 Å². The summed E-state index contributed by atoms with van der Waals surface area (Å²) in [4.78, 5) is 11.3. The summed E-state index contributed by atoms with van der Waals surface area (Å²) in [6, 6.07) is 2.83. The van der Waals surface area contributed by atoms with Crippen LogP contribution in [0, 0.1) is 27.5 Å². The molecule has 1 aromatic rings. The average molecular weight is 387 g/mol. The van der Waals surface area contributed by atoms with Crippen LogP contribution in [0.3, 0.4) is 0 Å². The summed E-state index contributed by atoms with van der Waals surface area (Å²) in [7, 11) is 0. The van der Waals surface area contributed by atoms with Gasteiger partial charge in [0.15, 0.2) is 0 Å². The van der Waals surface area contributed by atoms with Crippen LogP contribution in [0.5, 0.6) is 5.75 Å². The van der Waals surface area contributed by atoms with Crippen molar-refractivity contribution >= 4 is 5.97 Å². The van der Waals surface area contributed by atoms with Gasteiger partial charge in [0.1, 0.15) is 11.6 Å². The lowest BCUT2D eigenvalue weighted by atomic mass is 9.36. The third-order valence-corrected chi connectivity index (χ3v) is 7.85. The molecule has 28 heavy (non-hydrogen) atoms. The highest BCUT2D eigenvalue weighted by atomic mass is 19.1. The molecule has 0 heterocycles. The molecule has 4 bridgehead atoms. The third-order valence-electron chi connectivity index (χ3n) is 7.85. The molecule has 0 aliphatic heterocycles. The molecule has 0 amide bonds. The fraction of sp³-hybridized carbons (Fsp3) is 0.708. The second kappa shape index (κ2) is 5.52. The van der Waals surface area contributed by atoms with Crippen LogP contribution in [-0.2, 0) is 0 Å². The van der Waals surface area contributed by atoms with E-state index in [1.54, 1.807) is 0 Å². The first-order valence-corrected chi connectivity index (χ1v) is 10.7. The topological polar surface area (TPSA) is 46.5 Å². The average Bonchev–Trinajstić information content (AvgIpc) is 3.32. The number of benzene rings is 1. The number of halogens is 1. The number of carbonyl (C=O) groups is 1. The van der Waals surface area contributed by atoms with E-state index in [1.165, 1.54) is 50.7 Å². The number of carboxylic acid groups (broad SMARTS) is 1. The maximum absolute atomic E-state index is 14.4. The Morgan fingerprint density at radius 1 is 1.04 bits per heavy atom. The van der Waals surface area contributed by atoms with Crippen LogP contribution in [-0.4, -0.2) is 17.7 Å². The molecule has 6 rings (SSSR count). The van der Waals surface area contributed by atoms with Crippen molar-refractivity contribution in [2.24, 2.45) is 21.7 Å². The lowest BCUT2D eigenvalue weighted by molar-refractivity contribution is -0.192. The predicted molar refractivity (Wildman–Crippen MR) is 105 cm³/mol. The Kier molecular flexibility index (Phi) is 3.63. The van der Waals surface area contributed by atoms with Gasteiger partial charge in [-0.2, -0.15) is 0 Å². The van der Waals surface area contributed by atoms with E-state index in [2.05, 4.69) is 20.8 Å². The molecular weight excluding hydrogens is 355 g/mol. The minimum atomic E-state index is -1.21. The van der Waals surface area contributed by atoms with Crippen LogP contribution >= 0.6 is 0 Å². The molecule has 1 N–H and O–H groups in total. The number of ether oxygens (including phenoxy) is 1. The molecule has 5 fully saturated rings. The van der Waals surface area contributed by atoms with Gasteiger partial charge in [0.05, 0.1) is 12.2 Å². The molecule has 4 heteroatoms. The van der Waals surface area contributed by atoms with Crippen molar-refractivity contribution in [1.82, 2.24) is 0 Å². The van der Waals surface area contributed by atoms with Crippen LogP contribution in [0.25, 0.3) is 0 Å². The summed E-state index contributed by atoms with van der Waals surface area (Å²) in [6.45, 7) is 7.98. The van der Waals surface area contributed by atoms with E-state index in [4.69, 9.17) is 4.74 Å². The van der Waals surface area contributed by atoms with Crippen molar-refractivity contribution < 1.29 is 19.0 Å². The van der Waals surface area contributed by atoms with Gasteiger partial charge >= 0.3 is 5.97 Å². The zero-order chi connectivity index (χ0) is 19.9. The zero-order valence-electron chi connectivity index (χ0n) is 17.2. The summed E-state index contributed by atoms with van der Waals surface area (Å²) in [5, 5.41) is 9.27. The molecule has 0 aromatic heterocycles.